The molecule has 0 spiro atoms. The van der Waals surface area contributed by atoms with E-state index in [1.165, 1.54) is 16.9 Å². The van der Waals surface area contributed by atoms with E-state index in [1.807, 2.05) is 30.3 Å². The number of nitrogens with zero attached hydrogens (tertiary/aromatic N) is 3. The van der Waals surface area contributed by atoms with Gasteiger partial charge in [0, 0.05) is 31.4 Å². The Hall–Kier alpha value is -2.06. The molecule has 2 heterocycles. The van der Waals surface area contributed by atoms with Gasteiger partial charge in [0.2, 0.25) is 0 Å². The second kappa shape index (κ2) is 8.09. The van der Waals surface area contributed by atoms with Crippen LogP contribution in [-0.4, -0.2) is 34.5 Å². The summed E-state index contributed by atoms with van der Waals surface area (Å²) in [6.45, 7) is 0.526. The average Bonchev–Trinajstić information content (AvgIpc) is 3.01. The van der Waals surface area contributed by atoms with Gasteiger partial charge in [0.25, 0.3) is 0 Å². The second-order valence-corrected chi connectivity index (χ2v) is 6.12. The number of halogens is 4. The number of carbonyl (C=O) groups is 1. The molecule has 2 atom stereocenters. The highest BCUT2D eigenvalue weighted by Gasteiger charge is 2.46. The minimum absolute atomic E-state index is 0. The topological polar surface area (TPSA) is 50.2 Å². The van der Waals surface area contributed by atoms with Gasteiger partial charge >= 0.3 is 12.1 Å². The molecule has 1 N–H and O–H groups in total. The summed E-state index contributed by atoms with van der Waals surface area (Å²) in [5.41, 5.74) is 0.993. The number of alkyl halides is 3. The highest BCUT2D eigenvalue weighted by atomic mass is 35.5. The second-order valence-electron chi connectivity index (χ2n) is 6.12. The molecule has 0 unspecified atom stereocenters. The number of nitrogens with one attached hydrogen (secondary N) is 1. The van der Waals surface area contributed by atoms with Gasteiger partial charge in [0.05, 0.1) is 0 Å². The zero-order valence-electron chi connectivity index (χ0n) is 14.1. The molecule has 5 nitrogen and oxygen atoms in total. The van der Waals surface area contributed by atoms with Gasteiger partial charge in [-0.1, -0.05) is 30.3 Å². The molecule has 2 aromatic rings. The number of carbonyl (C=O) groups excluding carboxylic acids is 1. The number of anilines is 1. The summed E-state index contributed by atoms with van der Waals surface area (Å²) in [6, 6.07) is 10.3. The molecule has 142 valence electrons. The molecule has 0 aliphatic carbocycles. The van der Waals surface area contributed by atoms with E-state index in [-0.39, 0.29) is 24.3 Å². The van der Waals surface area contributed by atoms with Gasteiger partial charge < -0.3 is 5.32 Å². The van der Waals surface area contributed by atoms with Crippen molar-refractivity contribution in [2.45, 2.75) is 31.1 Å². The lowest BCUT2D eigenvalue weighted by Gasteiger charge is -2.37. The van der Waals surface area contributed by atoms with Gasteiger partial charge in [-0.25, -0.2) is 0 Å². The molecule has 1 aromatic carbocycles. The Balaban J connectivity index is 0.00000243. The summed E-state index contributed by atoms with van der Waals surface area (Å²) in [5.74, 6) is -1.84. The maximum atomic E-state index is 13.1. The Morgan fingerprint density at radius 2 is 1.96 bits per heavy atom. The fourth-order valence-electron chi connectivity index (χ4n) is 3.20. The SMILES string of the molecule is Cl.Cn1ccc(N(C(=O)C(F)(F)F)[C@@H]2CCN[C@H](c3ccccc3)C2)n1. The zero-order chi connectivity index (χ0) is 18.0. The van der Waals surface area contributed by atoms with Crippen LogP contribution in [0, 0.1) is 0 Å². The van der Waals surface area contributed by atoms with Gasteiger partial charge in [-0.2, -0.15) is 18.3 Å². The number of hydrogen-bond acceptors (Lipinski definition) is 3. The first-order valence-electron chi connectivity index (χ1n) is 8.04. The van der Waals surface area contributed by atoms with Crippen molar-refractivity contribution in [2.24, 2.45) is 7.05 Å². The van der Waals surface area contributed by atoms with Crippen LogP contribution in [0.2, 0.25) is 0 Å². The Morgan fingerprint density at radius 3 is 2.54 bits per heavy atom. The van der Waals surface area contributed by atoms with E-state index >= 15 is 0 Å². The lowest BCUT2D eigenvalue weighted by atomic mass is 9.92. The van der Waals surface area contributed by atoms with Crippen LogP contribution in [0.4, 0.5) is 19.0 Å². The first-order valence-corrected chi connectivity index (χ1v) is 8.04. The van der Waals surface area contributed by atoms with Gasteiger partial charge in [-0.05, 0) is 24.9 Å². The van der Waals surface area contributed by atoms with Crippen molar-refractivity contribution in [1.29, 1.82) is 0 Å². The monoisotopic (exact) mass is 388 g/mol. The Labute approximate surface area is 155 Å². The third-order valence-electron chi connectivity index (χ3n) is 4.35. The molecule has 3 rings (SSSR count). The lowest BCUT2D eigenvalue weighted by Crippen LogP contribution is -2.51. The molecule has 1 aliphatic heterocycles. The molecular formula is C17H20ClF3N4O. The summed E-state index contributed by atoms with van der Waals surface area (Å²) in [5, 5.41) is 7.33. The number of benzene rings is 1. The van der Waals surface area contributed by atoms with E-state index < -0.39 is 18.1 Å². The predicted molar refractivity (Wildman–Crippen MR) is 94.2 cm³/mol. The van der Waals surface area contributed by atoms with Crippen molar-refractivity contribution in [3.05, 3.63) is 48.2 Å². The molecule has 0 bridgehead atoms. The van der Waals surface area contributed by atoms with Crippen LogP contribution in [0.3, 0.4) is 0 Å². The van der Waals surface area contributed by atoms with Crippen molar-refractivity contribution >= 4 is 24.1 Å². The van der Waals surface area contributed by atoms with Crippen LogP contribution in [0.5, 0.6) is 0 Å². The van der Waals surface area contributed by atoms with Crippen LogP contribution in [0.25, 0.3) is 0 Å². The maximum absolute atomic E-state index is 13.1. The van der Waals surface area contributed by atoms with Crippen LogP contribution in [-0.2, 0) is 11.8 Å². The zero-order valence-corrected chi connectivity index (χ0v) is 14.9. The van der Waals surface area contributed by atoms with E-state index in [0.717, 1.165) is 10.5 Å². The Kier molecular flexibility index (Phi) is 6.30. The smallest absolute Gasteiger partial charge is 0.310 e. The minimum Gasteiger partial charge on any atom is -0.310 e. The summed E-state index contributed by atoms with van der Waals surface area (Å²) in [4.78, 5) is 12.9. The molecule has 1 saturated heterocycles. The molecular weight excluding hydrogens is 369 g/mol. The highest BCUT2D eigenvalue weighted by Crippen LogP contribution is 2.32. The van der Waals surface area contributed by atoms with Crippen molar-refractivity contribution < 1.29 is 18.0 Å². The Morgan fingerprint density at radius 1 is 1.27 bits per heavy atom. The normalized spacial score (nSPS) is 20.3. The molecule has 1 fully saturated rings. The van der Waals surface area contributed by atoms with Gasteiger partial charge in [0.1, 0.15) is 0 Å². The molecule has 1 aromatic heterocycles. The third-order valence-corrected chi connectivity index (χ3v) is 4.35. The largest absolute Gasteiger partial charge is 0.471 e. The quantitative estimate of drug-likeness (QED) is 0.878. The molecule has 1 aliphatic rings. The summed E-state index contributed by atoms with van der Waals surface area (Å²) < 4.78 is 40.8. The fraction of sp³-hybridized carbons (Fsp3) is 0.412. The minimum atomic E-state index is -4.94. The van der Waals surface area contributed by atoms with Gasteiger partial charge in [0.15, 0.2) is 5.82 Å². The van der Waals surface area contributed by atoms with Crippen LogP contribution in [0.1, 0.15) is 24.4 Å². The molecule has 0 saturated carbocycles. The third kappa shape index (κ3) is 4.37. The van der Waals surface area contributed by atoms with E-state index in [4.69, 9.17) is 0 Å². The van der Waals surface area contributed by atoms with E-state index in [0.29, 0.717) is 19.4 Å². The number of aromatic nitrogens is 2. The van der Waals surface area contributed by atoms with Crippen molar-refractivity contribution in [3.8, 4) is 0 Å². The number of hydrogen-bond donors (Lipinski definition) is 1. The predicted octanol–water partition coefficient (Wildman–Crippen LogP) is 3.23. The van der Waals surface area contributed by atoms with Gasteiger partial charge in [-0.3, -0.25) is 14.4 Å². The van der Waals surface area contributed by atoms with Crippen LogP contribution in [0.15, 0.2) is 42.6 Å². The van der Waals surface area contributed by atoms with Crippen LogP contribution < -0.4 is 10.2 Å². The van der Waals surface area contributed by atoms with Gasteiger partial charge in [-0.15, -0.1) is 12.4 Å². The average molecular weight is 389 g/mol. The first-order chi connectivity index (χ1) is 11.9. The van der Waals surface area contributed by atoms with E-state index in [1.54, 1.807) is 7.05 Å². The molecule has 9 heteroatoms. The maximum Gasteiger partial charge on any atom is 0.471 e. The van der Waals surface area contributed by atoms with Crippen molar-refractivity contribution in [1.82, 2.24) is 15.1 Å². The number of amides is 1. The van der Waals surface area contributed by atoms with Crippen molar-refractivity contribution in [3.63, 3.8) is 0 Å². The molecule has 0 radical (unpaired) electrons. The van der Waals surface area contributed by atoms with E-state index in [2.05, 4.69) is 10.4 Å². The summed E-state index contributed by atoms with van der Waals surface area (Å²) in [7, 11) is 1.61. The van der Waals surface area contributed by atoms with Crippen LogP contribution >= 0.6 is 12.4 Å². The molecule has 26 heavy (non-hydrogen) atoms. The summed E-state index contributed by atoms with van der Waals surface area (Å²) >= 11 is 0. The lowest BCUT2D eigenvalue weighted by molar-refractivity contribution is -0.171. The fourth-order valence-corrected chi connectivity index (χ4v) is 3.20. The molecule has 1 amide bonds. The summed E-state index contributed by atoms with van der Waals surface area (Å²) in [6.07, 6.45) is -2.59. The van der Waals surface area contributed by atoms with Crippen molar-refractivity contribution in [2.75, 3.05) is 11.4 Å². The number of rotatable bonds is 3. The standard InChI is InChI=1S/C17H19F3N4O.ClH/c1-23-10-8-15(22-23)24(16(25)17(18,19)20)13-7-9-21-14(11-13)12-5-3-2-4-6-12;/h2-6,8,10,13-14,21H,7,9,11H2,1H3;1H/t13-,14+;/m1./s1. The van der Waals surface area contributed by atoms with E-state index in [9.17, 15) is 18.0 Å². The number of piperidine rings is 1. The highest BCUT2D eigenvalue weighted by molar-refractivity contribution is 5.97. The number of aryl methyl sites for hydroxylation is 1. The Bertz CT molecular complexity index is 735. The first kappa shape index (κ1) is 20.3.